The molecule has 10 heteroatoms. The van der Waals surface area contributed by atoms with Gasteiger partial charge in [0, 0.05) is 38.4 Å². The molecule has 5 heterocycles. The van der Waals surface area contributed by atoms with Crippen molar-refractivity contribution in [2.75, 3.05) is 44.4 Å². The highest BCUT2D eigenvalue weighted by Gasteiger charge is 2.17. The molecule has 9 nitrogen and oxygen atoms in total. The SMILES string of the molecule is COc1ccc2nccc(CCN3CCOC(C)C3)c2n1.NCc1ccc2c(n1)NC(=O)CS2. The van der Waals surface area contributed by atoms with Crippen LogP contribution in [0.5, 0.6) is 5.88 Å². The molecule has 1 amide bonds. The lowest BCUT2D eigenvalue weighted by Crippen LogP contribution is -2.41. The molecule has 3 aromatic heterocycles. The molecule has 0 bridgehead atoms. The average Bonchev–Trinajstić information content (AvgIpc) is 2.87. The highest BCUT2D eigenvalue weighted by atomic mass is 32.2. The van der Waals surface area contributed by atoms with Crippen molar-refractivity contribution in [3.63, 3.8) is 0 Å². The Kier molecular flexibility index (Phi) is 8.28. The highest BCUT2D eigenvalue weighted by Crippen LogP contribution is 2.29. The number of ether oxygens (including phenoxy) is 2. The van der Waals surface area contributed by atoms with Gasteiger partial charge in [0.05, 0.1) is 47.2 Å². The Morgan fingerprint density at radius 2 is 2.15 bits per heavy atom. The van der Waals surface area contributed by atoms with Gasteiger partial charge in [-0.05, 0) is 43.2 Å². The van der Waals surface area contributed by atoms with E-state index in [0.717, 1.165) is 54.3 Å². The fraction of sp³-hybridized carbons (Fsp3) is 0.417. The van der Waals surface area contributed by atoms with E-state index in [4.69, 9.17) is 15.2 Å². The predicted octanol–water partition coefficient (Wildman–Crippen LogP) is 2.49. The van der Waals surface area contributed by atoms with Crippen LogP contribution in [-0.2, 0) is 22.5 Å². The first-order valence-electron chi connectivity index (χ1n) is 11.3. The van der Waals surface area contributed by atoms with Crippen LogP contribution in [0.4, 0.5) is 5.82 Å². The number of nitrogens with one attached hydrogen (secondary N) is 1. The van der Waals surface area contributed by atoms with Crippen LogP contribution >= 0.6 is 11.8 Å². The standard InChI is InChI=1S/C16H21N3O2.C8H9N3OS/c1-12-11-19(9-10-21-12)8-6-13-5-7-17-14-3-4-15(20-2)18-16(13)14;9-3-5-1-2-6-8(10-5)11-7(12)4-13-6/h3-5,7,12H,6,8-11H2,1-2H3;1-2H,3-4,9H2,(H,10,11,12). The summed E-state index contributed by atoms with van der Waals surface area (Å²) in [7, 11) is 1.64. The van der Waals surface area contributed by atoms with Gasteiger partial charge < -0.3 is 20.5 Å². The molecule has 1 atom stereocenters. The number of pyridine rings is 3. The Labute approximate surface area is 203 Å². The Morgan fingerprint density at radius 1 is 1.26 bits per heavy atom. The number of nitrogens with two attached hydrogens (primary N) is 1. The van der Waals surface area contributed by atoms with Crippen molar-refractivity contribution in [3.05, 3.63) is 47.8 Å². The third-order valence-corrected chi connectivity index (χ3v) is 6.66. The second-order valence-electron chi connectivity index (χ2n) is 8.11. The van der Waals surface area contributed by atoms with Gasteiger partial charge in [-0.25, -0.2) is 9.97 Å². The van der Waals surface area contributed by atoms with Gasteiger partial charge in [0.25, 0.3) is 0 Å². The Bertz CT molecular complexity index is 1140. The van der Waals surface area contributed by atoms with Crippen molar-refractivity contribution in [2.45, 2.75) is 30.9 Å². The third-order valence-electron chi connectivity index (χ3n) is 5.62. The highest BCUT2D eigenvalue weighted by molar-refractivity contribution is 8.00. The van der Waals surface area contributed by atoms with Gasteiger partial charge in [0.2, 0.25) is 11.8 Å². The summed E-state index contributed by atoms with van der Waals surface area (Å²) in [6, 6.07) is 9.68. The van der Waals surface area contributed by atoms with Crippen LogP contribution in [0, 0.1) is 0 Å². The molecule has 0 spiro atoms. The molecule has 34 heavy (non-hydrogen) atoms. The maximum absolute atomic E-state index is 11.0. The number of morpholine rings is 1. The van der Waals surface area contributed by atoms with Crippen LogP contribution in [0.2, 0.25) is 0 Å². The number of anilines is 1. The van der Waals surface area contributed by atoms with Gasteiger partial charge in [-0.1, -0.05) is 0 Å². The van der Waals surface area contributed by atoms with Crippen LogP contribution < -0.4 is 15.8 Å². The summed E-state index contributed by atoms with van der Waals surface area (Å²) in [5.74, 6) is 1.75. The molecular weight excluding hydrogens is 452 g/mol. The van der Waals surface area contributed by atoms with E-state index in [1.54, 1.807) is 7.11 Å². The molecule has 2 aliphatic rings. The molecular formula is C24H30N6O3S. The van der Waals surface area contributed by atoms with E-state index in [2.05, 4.69) is 38.2 Å². The molecule has 3 aromatic rings. The smallest absolute Gasteiger partial charge is 0.235 e. The summed E-state index contributed by atoms with van der Waals surface area (Å²) in [5.41, 5.74) is 9.31. The lowest BCUT2D eigenvalue weighted by Gasteiger charge is -2.31. The van der Waals surface area contributed by atoms with Crippen molar-refractivity contribution in [3.8, 4) is 5.88 Å². The Morgan fingerprint density at radius 3 is 2.94 bits per heavy atom. The fourth-order valence-electron chi connectivity index (χ4n) is 3.87. The summed E-state index contributed by atoms with van der Waals surface area (Å²) in [6.45, 7) is 6.37. The normalized spacial score (nSPS) is 18.0. The summed E-state index contributed by atoms with van der Waals surface area (Å²) < 4.78 is 10.8. The van der Waals surface area contributed by atoms with Gasteiger partial charge >= 0.3 is 0 Å². The zero-order valence-electron chi connectivity index (χ0n) is 19.5. The number of carbonyl (C=O) groups excluding carboxylic acids is 1. The van der Waals surface area contributed by atoms with Crippen LogP contribution in [0.3, 0.4) is 0 Å². The van der Waals surface area contributed by atoms with Crippen molar-refractivity contribution >= 4 is 34.5 Å². The molecule has 180 valence electrons. The number of carbonyl (C=O) groups is 1. The fourth-order valence-corrected chi connectivity index (χ4v) is 4.62. The number of hydrogen-bond donors (Lipinski definition) is 2. The molecule has 1 unspecified atom stereocenters. The largest absolute Gasteiger partial charge is 0.481 e. The van der Waals surface area contributed by atoms with E-state index < -0.39 is 0 Å². The molecule has 1 fully saturated rings. The van der Waals surface area contributed by atoms with Gasteiger partial charge in [-0.2, -0.15) is 0 Å². The monoisotopic (exact) mass is 482 g/mol. The number of fused-ring (bicyclic) bond motifs is 2. The van der Waals surface area contributed by atoms with E-state index in [1.807, 2.05) is 30.5 Å². The van der Waals surface area contributed by atoms with E-state index >= 15 is 0 Å². The molecule has 0 saturated carbocycles. The average molecular weight is 483 g/mol. The molecule has 0 aromatic carbocycles. The first-order chi connectivity index (χ1) is 16.6. The van der Waals surface area contributed by atoms with E-state index in [9.17, 15) is 4.79 Å². The topological polar surface area (TPSA) is 115 Å². The first kappa shape index (κ1) is 24.3. The van der Waals surface area contributed by atoms with Crippen molar-refractivity contribution in [2.24, 2.45) is 5.73 Å². The van der Waals surface area contributed by atoms with Gasteiger partial charge in [-0.3, -0.25) is 14.7 Å². The summed E-state index contributed by atoms with van der Waals surface area (Å²) in [4.78, 5) is 27.6. The Balaban J connectivity index is 0.000000180. The van der Waals surface area contributed by atoms with Crippen molar-refractivity contribution in [1.82, 2.24) is 19.9 Å². The van der Waals surface area contributed by atoms with Crippen molar-refractivity contribution < 1.29 is 14.3 Å². The number of rotatable bonds is 5. The number of thioether (sulfide) groups is 1. The number of nitrogens with zero attached hydrogens (tertiary/aromatic N) is 4. The minimum Gasteiger partial charge on any atom is -0.481 e. The first-order valence-corrected chi connectivity index (χ1v) is 12.3. The van der Waals surface area contributed by atoms with E-state index in [0.29, 0.717) is 30.1 Å². The predicted molar refractivity (Wildman–Crippen MR) is 133 cm³/mol. The summed E-state index contributed by atoms with van der Waals surface area (Å²) >= 11 is 1.50. The zero-order valence-corrected chi connectivity index (χ0v) is 20.3. The number of hydrogen-bond acceptors (Lipinski definition) is 9. The van der Waals surface area contributed by atoms with Crippen LogP contribution in [0.15, 0.2) is 41.4 Å². The molecule has 3 N–H and O–H groups in total. The van der Waals surface area contributed by atoms with Crippen LogP contribution in [0.25, 0.3) is 11.0 Å². The van der Waals surface area contributed by atoms with Gasteiger partial charge in [0.1, 0.15) is 5.82 Å². The quantitative estimate of drug-likeness (QED) is 0.566. The van der Waals surface area contributed by atoms with E-state index in [1.165, 1.54) is 17.3 Å². The lowest BCUT2D eigenvalue weighted by molar-refractivity contribution is -0.113. The summed E-state index contributed by atoms with van der Waals surface area (Å²) in [5, 5.41) is 2.71. The minimum absolute atomic E-state index is 0.000767. The van der Waals surface area contributed by atoms with Crippen molar-refractivity contribution in [1.29, 1.82) is 0 Å². The Hall–Kier alpha value is -2.79. The number of methoxy groups -OCH3 is 1. The van der Waals surface area contributed by atoms with Gasteiger partial charge in [0.15, 0.2) is 0 Å². The number of amides is 1. The molecule has 2 aliphatic heterocycles. The maximum atomic E-state index is 11.0. The molecule has 0 aliphatic carbocycles. The van der Waals surface area contributed by atoms with Crippen LogP contribution in [-0.4, -0.2) is 71.0 Å². The summed E-state index contributed by atoms with van der Waals surface area (Å²) in [6.07, 6.45) is 3.14. The minimum atomic E-state index is -0.000767. The maximum Gasteiger partial charge on any atom is 0.235 e. The molecule has 5 rings (SSSR count). The number of aromatic nitrogens is 3. The van der Waals surface area contributed by atoms with Gasteiger partial charge in [-0.15, -0.1) is 11.8 Å². The molecule has 0 radical (unpaired) electrons. The molecule has 1 saturated heterocycles. The van der Waals surface area contributed by atoms with E-state index in [-0.39, 0.29) is 5.91 Å². The second-order valence-corrected chi connectivity index (χ2v) is 9.13. The van der Waals surface area contributed by atoms with Crippen LogP contribution in [0.1, 0.15) is 18.2 Å². The second kappa shape index (κ2) is 11.6. The third kappa shape index (κ3) is 6.20. The zero-order chi connectivity index (χ0) is 23.9. The lowest BCUT2D eigenvalue weighted by atomic mass is 10.1.